The maximum Gasteiger partial charge on any atom is 0.273 e. The Morgan fingerprint density at radius 2 is 1.65 bits per heavy atom. The molecule has 0 fully saturated rings. The molecule has 2 amide bonds. The second kappa shape index (κ2) is 6.10. The highest BCUT2D eigenvalue weighted by Gasteiger charge is 2.14. The topological polar surface area (TPSA) is 110 Å². The number of hydrazine groups is 1. The summed E-state index contributed by atoms with van der Waals surface area (Å²) in [5.41, 5.74) is 12.2. The van der Waals surface area contributed by atoms with Crippen molar-refractivity contribution in [3.8, 4) is 0 Å². The normalized spacial score (nSPS) is 10.3. The number of para-hydroxylation sites is 1. The first kappa shape index (κ1) is 14.5. The van der Waals surface area contributed by atoms with E-state index in [1.165, 1.54) is 30.7 Å². The summed E-state index contributed by atoms with van der Waals surface area (Å²) in [6.45, 7) is 0. The van der Waals surface area contributed by atoms with Crippen molar-refractivity contribution >= 4 is 28.4 Å². The number of nitrogens with two attached hydrogens (primary N) is 1. The third-order valence-electron chi connectivity index (χ3n) is 3.29. The number of nitrogens with zero attached hydrogens (tertiary/aromatic N) is 2. The van der Waals surface area contributed by atoms with E-state index in [0.29, 0.717) is 22.2 Å². The minimum absolute atomic E-state index is 0.193. The van der Waals surface area contributed by atoms with Gasteiger partial charge in [-0.2, -0.15) is 0 Å². The zero-order chi connectivity index (χ0) is 16.2. The molecular weight excluding hydrogens is 294 g/mol. The molecule has 0 bridgehead atoms. The number of nitrogens with one attached hydrogen (secondary N) is 2. The van der Waals surface area contributed by atoms with Crippen LogP contribution >= 0.6 is 0 Å². The minimum Gasteiger partial charge on any atom is -0.397 e. The van der Waals surface area contributed by atoms with Gasteiger partial charge in [0.15, 0.2) is 0 Å². The van der Waals surface area contributed by atoms with Crippen LogP contribution in [-0.4, -0.2) is 21.8 Å². The van der Waals surface area contributed by atoms with Gasteiger partial charge < -0.3 is 5.73 Å². The second-order valence-electron chi connectivity index (χ2n) is 4.75. The number of hydrogen-bond acceptors (Lipinski definition) is 5. The number of pyridine rings is 2. The van der Waals surface area contributed by atoms with E-state index in [1.807, 2.05) is 12.1 Å². The summed E-state index contributed by atoms with van der Waals surface area (Å²) >= 11 is 0. The van der Waals surface area contributed by atoms with Crippen molar-refractivity contribution in [2.45, 2.75) is 0 Å². The number of fused-ring (bicyclic) bond motifs is 1. The van der Waals surface area contributed by atoms with E-state index in [-0.39, 0.29) is 5.56 Å². The highest BCUT2D eigenvalue weighted by atomic mass is 16.2. The van der Waals surface area contributed by atoms with E-state index in [1.54, 1.807) is 12.1 Å². The van der Waals surface area contributed by atoms with Crippen molar-refractivity contribution < 1.29 is 9.59 Å². The van der Waals surface area contributed by atoms with Crippen molar-refractivity contribution in [2.75, 3.05) is 5.73 Å². The Labute approximate surface area is 131 Å². The largest absolute Gasteiger partial charge is 0.397 e. The number of hydrogen-bond donors (Lipinski definition) is 3. The van der Waals surface area contributed by atoms with Crippen LogP contribution < -0.4 is 16.6 Å². The highest BCUT2D eigenvalue weighted by Crippen LogP contribution is 2.22. The van der Waals surface area contributed by atoms with Crippen molar-refractivity contribution in [3.05, 3.63) is 66.1 Å². The Kier molecular flexibility index (Phi) is 3.84. The lowest BCUT2D eigenvalue weighted by molar-refractivity contribution is 0.0847. The van der Waals surface area contributed by atoms with E-state index in [0.717, 1.165) is 0 Å². The van der Waals surface area contributed by atoms with Gasteiger partial charge in [0.2, 0.25) is 0 Å². The Balaban J connectivity index is 1.76. The molecule has 0 aliphatic heterocycles. The van der Waals surface area contributed by atoms with Gasteiger partial charge in [0.1, 0.15) is 0 Å². The molecule has 2 aromatic heterocycles. The Bertz CT molecular complexity index is 880. The van der Waals surface area contributed by atoms with Gasteiger partial charge in [-0.3, -0.25) is 30.4 Å². The summed E-state index contributed by atoms with van der Waals surface area (Å²) in [5.74, 6) is -0.990. The van der Waals surface area contributed by atoms with Gasteiger partial charge in [-0.25, -0.2) is 0 Å². The molecule has 23 heavy (non-hydrogen) atoms. The van der Waals surface area contributed by atoms with Gasteiger partial charge in [0, 0.05) is 29.5 Å². The average molecular weight is 307 g/mol. The zero-order valence-corrected chi connectivity index (χ0v) is 12.0. The van der Waals surface area contributed by atoms with Crippen LogP contribution in [0.15, 0.2) is 55.0 Å². The molecule has 3 aromatic rings. The van der Waals surface area contributed by atoms with Crippen LogP contribution in [0, 0.1) is 0 Å². The number of carbonyl (C=O) groups excluding carboxylic acids is 2. The molecule has 0 atom stereocenters. The van der Waals surface area contributed by atoms with Crippen molar-refractivity contribution in [1.29, 1.82) is 0 Å². The SMILES string of the molecule is Nc1c(C(=O)NNC(=O)c2ccncc2)cnc2ccccc12. The summed E-state index contributed by atoms with van der Waals surface area (Å²) in [5, 5.41) is 0.681. The number of anilines is 1. The second-order valence-corrected chi connectivity index (χ2v) is 4.75. The van der Waals surface area contributed by atoms with Crippen LogP contribution in [-0.2, 0) is 0 Å². The number of carbonyl (C=O) groups is 2. The number of rotatable bonds is 2. The van der Waals surface area contributed by atoms with Crippen LogP contribution in [0.3, 0.4) is 0 Å². The molecule has 114 valence electrons. The number of nitrogen functional groups attached to an aromatic ring is 1. The fourth-order valence-electron chi connectivity index (χ4n) is 2.10. The van der Waals surface area contributed by atoms with Gasteiger partial charge in [-0.1, -0.05) is 18.2 Å². The fraction of sp³-hybridized carbons (Fsp3) is 0. The Hall–Kier alpha value is -3.48. The Morgan fingerprint density at radius 1 is 0.957 bits per heavy atom. The molecule has 0 aliphatic rings. The van der Waals surface area contributed by atoms with Crippen LogP contribution in [0.2, 0.25) is 0 Å². The summed E-state index contributed by atoms with van der Waals surface area (Å²) in [7, 11) is 0. The molecule has 0 unspecified atom stereocenters. The standard InChI is InChI=1S/C16H13N5O2/c17-14-11-3-1-2-4-13(11)19-9-12(14)16(23)21-20-15(22)10-5-7-18-8-6-10/h1-9H,(H2,17,19)(H,20,22)(H,21,23). The summed E-state index contributed by atoms with van der Waals surface area (Å²) in [4.78, 5) is 32.1. The summed E-state index contributed by atoms with van der Waals surface area (Å²) in [6.07, 6.45) is 4.36. The molecule has 1 aromatic carbocycles. The van der Waals surface area contributed by atoms with Gasteiger partial charge in [-0.05, 0) is 18.2 Å². The maximum absolute atomic E-state index is 12.2. The molecule has 7 nitrogen and oxygen atoms in total. The summed E-state index contributed by atoms with van der Waals surface area (Å²) in [6, 6.07) is 10.3. The van der Waals surface area contributed by atoms with E-state index in [2.05, 4.69) is 20.8 Å². The molecular formula is C16H13N5O2. The van der Waals surface area contributed by atoms with Gasteiger partial charge in [0.05, 0.1) is 16.8 Å². The quantitative estimate of drug-likeness (QED) is 0.618. The smallest absolute Gasteiger partial charge is 0.273 e. The summed E-state index contributed by atoms with van der Waals surface area (Å²) < 4.78 is 0. The number of aromatic nitrogens is 2. The molecule has 0 aliphatic carbocycles. The average Bonchev–Trinajstić information content (AvgIpc) is 2.60. The van der Waals surface area contributed by atoms with E-state index in [9.17, 15) is 9.59 Å². The lowest BCUT2D eigenvalue weighted by Crippen LogP contribution is -2.41. The predicted molar refractivity (Wildman–Crippen MR) is 85.3 cm³/mol. The van der Waals surface area contributed by atoms with Gasteiger partial charge in [-0.15, -0.1) is 0 Å². The number of amides is 2. The first-order chi connectivity index (χ1) is 11.2. The van der Waals surface area contributed by atoms with Gasteiger partial charge >= 0.3 is 0 Å². The Morgan fingerprint density at radius 3 is 2.43 bits per heavy atom. The third kappa shape index (κ3) is 2.93. The molecule has 2 heterocycles. The molecule has 0 radical (unpaired) electrons. The van der Waals surface area contributed by atoms with Crippen LogP contribution in [0.5, 0.6) is 0 Å². The van der Waals surface area contributed by atoms with Crippen LogP contribution in [0.4, 0.5) is 5.69 Å². The first-order valence-corrected chi connectivity index (χ1v) is 6.81. The van der Waals surface area contributed by atoms with Crippen LogP contribution in [0.25, 0.3) is 10.9 Å². The molecule has 0 saturated heterocycles. The predicted octanol–water partition coefficient (Wildman–Crippen LogP) is 1.29. The molecule has 7 heteroatoms. The fourth-order valence-corrected chi connectivity index (χ4v) is 2.10. The van der Waals surface area contributed by atoms with Crippen molar-refractivity contribution in [1.82, 2.24) is 20.8 Å². The van der Waals surface area contributed by atoms with Crippen molar-refractivity contribution in [2.24, 2.45) is 0 Å². The third-order valence-corrected chi connectivity index (χ3v) is 3.29. The lowest BCUT2D eigenvalue weighted by Gasteiger charge is -2.10. The molecule has 0 spiro atoms. The van der Waals surface area contributed by atoms with Crippen LogP contribution in [0.1, 0.15) is 20.7 Å². The minimum atomic E-state index is -0.539. The zero-order valence-electron chi connectivity index (χ0n) is 12.0. The molecule has 4 N–H and O–H groups in total. The molecule has 0 saturated carbocycles. The first-order valence-electron chi connectivity index (χ1n) is 6.81. The van der Waals surface area contributed by atoms with E-state index in [4.69, 9.17) is 5.73 Å². The van der Waals surface area contributed by atoms with E-state index < -0.39 is 11.8 Å². The number of benzene rings is 1. The van der Waals surface area contributed by atoms with Crippen molar-refractivity contribution in [3.63, 3.8) is 0 Å². The monoisotopic (exact) mass is 307 g/mol. The highest BCUT2D eigenvalue weighted by molar-refractivity contribution is 6.07. The molecule has 3 rings (SSSR count). The maximum atomic E-state index is 12.2. The van der Waals surface area contributed by atoms with Gasteiger partial charge in [0.25, 0.3) is 11.8 Å². The lowest BCUT2D eigenvalue weighted by atomic mass is 10.1. The van der Waals surface area contributed by atoms with E-state index >= 15 is 0 Å².